The number of hydrogen-bond acceptors (Lipinski definition) is 2. The topological polar surface area (TPSA) is 32.3 Å². The molecule has 1 aromatic rings. The molecule has 4 heteroatoms. The lowest BCUT2D eigenvalue weighted by Gasteiger charge is -2.48. The second-order valence-corrected chi connectivity index (χ2v) is 6.63. The Hall–Kier alpha value is -0.280. The van der Waals surface area contributed by atoms with E-state index in [0.717, 1.165) is 37.8 Å². The zero-order valence-corrected chi connectivity index (χ0v) is 12.3. The molecule has 1 aliphatic heterocycles. The Morgan fingerprint density at radius 3 is 2.79 bits per heavy atom. The number of nitrogens with one attached hydrogen (secondary N) is 1. The van der Waals surface area contributed by atoms with Gasteiger partial charge in [-0.05, 0) is 43.5 Å². The van der Waals surface area contributed by atoms with Gasteiger partial charge in [0.05, 0.1) is 15.6 Å². The summed E-state index contributed by atoms with van der Waals surface area (Å²) in [6, 6.07) is 5.99. The lowest BCUT2D eigenvalue weighted by Crippen LogP contribution is -2.53. The summed E-state index contributed by atoms with van der Waals surface area (Å²) in [5.41, 5.74) is 0.639. The molecule has 3 atom stereocenters. The minimum absolute atomic E-state index is 0.189. The predicted octanol–water partition coefficient (Wildman–Crippen LogP) is 3.95. The van der Waals surface area contributed by atoms with Gasteiger partial charge >= 0.3 is 0 Å². The molecule has 104 valence electrons. The van der Waals surface area contributed by atoms with Crippen LogP contribution in [0.2, 0.25) is 10.0 Å². The molecule has 2 nitrogen and oxygen atoms in total. The molecule has 2 N–H and O–H groups in total. The van der Waals surface area contributed by atoms with Crippen LogP contribution in [0.5, 0.6) is 0 Å². The zero-order chi connectivity index (χ0) is 13.5. The summed E-state index contributed by atoms with van der Waals surface area (Å²) >= 11 is 12.1. The summed E-state index contributed by atoms with van der Waals surface area (Å²) in [5.74, 6) is 0.284. The number of hydrogen-bond donors (Lipinski definition) is 2. The highest BCUT2D eigenvalue weighted by Gasteiger charge is 2.45. The maximum Gasteiger partial charge on any atom is 0.0706 e. The van der Waals surface area contributed by atoms with Crippen LogP contribution in [-0.4, -0.2) is 17.3 Å². The van der Waals surface area contributed by atoms with Crippen LogP contribution in [0.25, 0.3) is 0 Å². The van der Waals surface area contributed by atoms with Gasteiger partial charge in [0.15, 0.2) is 0 Å². The van der Waals surface area contributed by atoms with E-state index in [1.165, 1.54) is 6.42 Å². The van der Waals surface area contributed by atoms with E-state index in [0.29, 0.717) is 10.0 Å². The molecule has 0 spiro atoms. The first-order valence-electron chi connectivity index (χ1n) is 7.01. The summed E-state index contributed by atoms with van der Waals surface area (Å²) in [4.78, 5) is 0. The first kappa shape index (κ1) is 13.7. The molecule has 1 aliphatic carbocycles. The van der Waals surface area contributed by atoms with Crippen LogP contribution < -0.4 is 5.32 Å². The first-order chi connectivity index (χ1) is 9.10. The highest BCUT2D eigenvalue weighted by atomic mass is 35.5. The lowest BCUT2D eigenvalue weighted by atomic mass is 9.67. The third kappa shape index (κ3) is 2.52. The van der Waals surface area contributed by atoms with Gasteiger partial charge in [0.1, 0.15) is 0 Å². The summed E-state index contributed by atoms with van der Waals surface area (Å²) in [7, 11) is 0. The molecule has 1 aromatic carbocycles. The minimum Gasteiger partial charge on any atom is -0.389 e. The number of halogens is 2. The lowest BCUT2D eigenvalue weighted by molar-refractivity contribution is -0.0861. The Labute approximate surface area is 124 Å². The molecule has 1 heterocycles. The Morgan fingerprint density at radius 2 is 2.00 bits per heavy atom. The number of piperidine rings is 1. The molecule has 1 saturated carbocycles. The highest BCUT2D eigenvalue weighted by Crippen LogP contribution is 2.46. The van der Waals surface area contributed by atoms with Crippen LogP contribution in [0, 0.1) is 5.92 Å². The summed E-state index contributed by atoms with van der Waals surface area (Å²) < 4.78 is 0. The van der Waals surface area contributed by atoms with Crippen LogP contribution in [0.3, 0.4) is 0 Å². The van der Waals surface area contributed by atoms with Gasteiger partial charge in [-0.2, -0.15) is 0 Å². The van der Waals surface area contributed by atoms with Gasteiger partial charge < -0.3 is 10.4 Å². The van der Waals surface area contributed by atoms with Crippen molar-refractivity contribution in [3.63, 3.8) is 0 Å². The van der Waals surface area contributed by atoms with E-state index < -0.39 is 5.60 Å². The summed E-state index contributed by atoms with van der Waals surface area (Å²) in [6.07, 6.45) is 5.20. The second-order valence-electron chi connectivity index (χ2n) is 5.81. The molecule has 0 unspecified atom stereocenters. The average molecular weight is 300 g/mol. The van der Waals surface area contributed by atoms with E-state index >= 15 is 0 Å². The van der Waals surface area contributed by atoms with Crippen molar-refractivity contribution in [2.75, 3.05) is 6.54 Å². The van der Waals surface area contributed by atoms with Crippen molar-refractivity contribution in [1.82, 2.24) is 5.32 Å². The van der Waals surface area contributed by atoms with Crippen molar-refractivity contribution in [1.29, 1.82) is 0 Å². The molecule has 3 rings (SSSR count). The molecule has 0 bridgehead atoms. The van der Waals surface area contributed by atoms with Gasteiger partial charge in [0.2, 0.25) is 0 Å². The molecular formula is C15H19Cl2NO. The van der Waals surface area contributed by atoms with Crippen molar-refractivity contribution in [3.8, 4) is 0 Å². The SMILES string of the molecule is O[C@]12CCCC[C@@H]1[C@@H](c1ccc(Cl)c(Cl)c1)NCC2. The van der Waals surface area contributed by atoms with Crippen LogP contribution in [0.1, 0.15) is 43.7 Å². The summed E-state index contributed by atoms with van der Waals surface area (Å²) in [6.45, 7) is 0.859. The summed E-state index contributed by atoms with van der Waals surface area (Å²) in [5, 5.41) is 15.6. The molecule has 2 aliphatic rings. The quantitative estimate of drug-likeness (QED) is 0.823. The fourth-order valence-corrected chi connectivity index (χ4v) is 3.99. The van der Waals surface area contributed by atoms with E-state index in [9.17, 15) is 5.11 Å². The van der Waals surface area contributed by atoms with Crippen LogP contribution >= 0.6 is 23.2 Å². The zero-order valence-electron chi connectivity index (χ0n) is 10.8. The molecule has 1 saturated heterocycles. The van der Waals surface area contributed by atoms with Crippen molar-refractivity contribution in [2.24, 2.45) is 5.92 Å². The molecule has 0 aromatic heterocycles. The van der Waals surface area contributed by atoms with Crippen LogP contribution in [0.4, 0.5) is 0 Å². The molecule has 2 fully saturated rings. The van der Waals surface area contributed by atoms with Crippen LogP contribution in [0.15, 0.2) is 18.2 Å². The van der Waals surface area contributed by atoms with Crippen LogP contribution in [-0.2, 0) is 0 Å². The van der Waals surface area contributed by atoms with Gasteiger partial charge in [0.25, 0.3) is 0 Å². The van der Waals surface area contributed by atoms with Crippen molar-refractivity contribution < 1.29 is 5.11 Å². The smallest absolute Gasteiger partial charge is 0.0706 e. The normalized spacial score (nSPS) is 34.9. The second kappa shape index (κ2) is 5.25. The predicted molar refractivity (Wildman–Crippen MR) is 78.7 cm³/mol. The Kier molecular flexibility index (Phi) is 3.78. The van der Waals surface area contributed by atoms with Gasteiger partial charge in [0, 0.05) is 12.0 Å². The number of benzene rings is 1. The minimum atomic E-state index is -0.500. The van der Waals surface area contributed by atoms with Gasteiger partial charge in [-0.15, -0.1) is 0 Å². The van der Waals surface area contributed by atoms with Crippen molar-refractivity contribution in [2.45, 2.75) is 43.7 Å². The first-order valence-corrected chi connectivity index (χ1v) is 7.76. The number of rotatable bonds is 1. The molecule has 0 radical (unpaired) electrons. The molecule has 0 amide bonds. The third-order valence-electron chi connectivity index (χ3n) is 4.69. The van der Waals surface area contributed by atoms with Gasteiger partial charge in [-0.25, -0.2) is 0 Å². The van der Waals surface area contributed by atoms with E-state index in [1.54, 1.807) is 0 Å². The highest BCUT2D eigenvalue weighted by molar-refractivity contribution is 6.42. The average Bonchev–Trinajstić information content (AvgIpc) is 2.40. The van der Waals surface area contributed by atoms with E-state index in [4.69, 9.17) is 23.2 Å². The molecular weight excluding hydrogens is 281 g/mol. The maximum atomic E-state index is 10.8. The number of aliphatic hydroxyl groups is 1. The number of fused-ring (bicyclic) bond motifs is 1. The third-order valence-corrected chi connectivity index (χ3v) is 5.43. The standard InChI is InChI=1S/C15H19Cl2NO/c16-12-5-4-10(9-13(12)17)14-11-3-1-2-6-15(11,19)7-8-18-14/h4-5,9,11,14,18-19H,1-3,6-8H2/t11-,14-,15+/m1/s1. The molecule has 19 heavy (non-hydrogen) atoms. The van der Waals surface area contributed by atoms with E-state index in [2.05, 4.69) is 5.32 Å². The van der Waals surface area contributed by atoms with Gasteiger partial charge in [-0.3, -0.25) is 0 Å². The Morgan fingerprint density at radius 1 is 1.16 bits per heavy atom. The maximum absolute atomic E-state index is 10.8. The van der Waals surface area contributed by atoms with Gasteiger partial charge in [-0.1, -0.05) is 42.1 Å². The monoisotopic (exact) mass is 299 g/mol. The Bertz CT molecular complexity index is 475. The fraction of sp³-hybridized carbons (Fsp3) is 0.600. The van der Waals surface area contributed by atoms with E-state index in [-0.39, 0.29) is 12.0 Å². The van der Waals surface area contributed by atoms with Crippen molar-refractivity contribution in [3.05, 3.63) is 33.8 Å². The fourth-order valence-electron chi connectivity index (χ4n) is 3.68. The Balaban J connectivity index is 1.92. The van der Waals surface area contributed by atoms with Crippen molar-refractivity contribution >= 4 is 23.2 Å². The van der Waals surface area contributed by atoms with E-state index in [1.807, 2.05) is 18.2 Å². The largest absolute Gasteiger partial charge is 0.389 e.